The van der Waals surface area contributed by atoms with Crippen LogP contribution in [0.1, 0.15) is 45.0 Å². The van der Waals surface area contributed by atoms with E-state index in [1.807, 2.05) is 74.4 Å². The number of hydrogen-bond acceptors (Lipinski definition) is 4. The summed E-state index contributed by atoms with van der Waals surface area (Å²) in [6.45, 7) is 5.99. The van der Waals surface area contributed by atoms with Crippen molar-refractivity contribution in [3.8, 4) is 5.69 Å². The molecule has 0 aliphatic rings. The van der Waals surface area contributed by atoms with Gasteiger partial charge in [-0.05, 0) is 51.2 Å². The van der Waals surface area contributed by atoms with Gasteiger partial charge in [0.25, 0.3) is 5.56 Å². The normalized spacial score (nSPS) is 12.2. The van der Waals surface area contributed by atoms with Crippen molar-refractivity contribution in [1.82, 2.24) is 24.7 Å². The predicted octanol–water partition coefficient (Wildman–Crippen LogP) is 4.21. The number of hydrogen-bond donors (Lipinski definition) is 1. The van der Waals surface area contributed by atoms with Gasteiger partial charge in [-0.2, -0.15) is 0 Å². The quantitative estimate of drug-likeness (QED) is 0.471. The third-order valence-corrected chi connectivity index (χ3v) is 5.73. The van der Waals surface area contributed by atoms with E-state index in [1.165, 1.54) is 0 Å². The second-order valence-electron chi connectivity index (χ2n) is 8.47. The maximum absolute atomic E-state index is 13.6. The van der Waals surface area contributed by atoms with Crippen molar-refractivity contribution in [2.45, 2.75) is 39.2 Å². The molecule has 0 saturated heterocycles. The molecule has 33 heavy (non-hydrogen) atoms. The first kappa shape index (κ1) is 24.5. The third kappa shape index (κ3) is 5.79. The number of carbonyl (C=O) groups excluding carboxylic acids is 1. The lowest BCUT2D eigenvalue weighted by Gasteiger charge is -2.33. The van der Waals surface area contributed by atoms with Crippen LogP contribution in [0.2, 0.25) is 0 Å². The third-order valence-electron chi connectivity index (χ3n) is 5.73. The van der Waals surface area contributed by atoms with Crippen molar-refractivity contribution >= 4 is 16.9 Å². The molecule has 7 heteroatoms. The standard InChI is InChI=1S/C26H35N5O2/c1-5-7-17-27-26(33)30(19-18-29(3)4)23(6-2)24-28-22-16-12-11-15-21(22)25(32)31(24)20-13-9-8-10-14-20/h8-16,23H,5-7,17-19H2,1-4H3,(H,27,33). The second kappa shape index (κ2) is 11.6. The lowest BCUT2D eigenvalue weighted by molar-refractivity contribution is 0.160. The number of rotatable bonds is 10. The van der Waals surface area contributed by atoms with E-state index in [0.717, 1.165) is 18.5 Å². The molecule has 0 radical (unpaired) electrons. The summed E-state index contributed by atoms with van der Waals surface area (Å²) in [5.41, 5.74) is 1.26. The second-order valence-corrected chi connectivity index (χ2v) is 8.47. The number of nitrogens with one attached hydrogen (secondary N) is 1. The Morgan fingerprint density at radius 3 is 2.39 bits per heavy atom. The molecule has 1 N–H and O–H groups in total. The number of urea groups is 1. The Hall–Kier alpha value is -3.19. The van der Waals surface area contributed by atoms with Gasteiger partial charge >= 0.3 is 6.03 Å². The maximum atomic E-state index is 13.6. The van der Waals surface area contributed by atoms with Crippen LogP contribution >= 0.6 is 0 Å². The minimum absolute atomic E-state index is 0.126. The molecule has 0 spiro atoms. The average molecular weight is 450 g/mol. The zero-order valence-corrected chi connectivity index (χ0v) is 20.1. The summed E-state index contributed by atoms with van der Waals surface area (Å²) in [6, 6.07) is 16.4. The molecule has 0 fully saturated rings. The summed E-state index contributed by atoms with van der Waals surface area (Å²) in [5.74, 6) is 0.580. The minimum Gasteiger partial charge on any atom is -0.338 e. The molecule has 0 aliphatic carbocycles. The highest BCUT2D eigenvalue weighted by molar-refractivity contribution is 5.78. The van der Waals surface area contributed by atoms with E-state index in [0.29, 0.717) is 42.8 Å². The van der Waals surface area contributed by atoms with E-state index < -0.39 is 0 Å². The van der Waals surface area contributed by atoms with Gasteiger partial charge in [-0.1, -0.05) is 50.6 Å². The molecule has 1 atom stereocenters. The molecule has 3 rings (SSSR count). The highest BCUT2D eigenvalue weighted by Gasteiger charge is 2.29. The topological polar surface area (TPSA) is 70.5 Å². The Morgan fingerprint density at radius 1 is 1.03 bits per heavy atom. The summed E-state index contributed by atoms with van der Waals surface area (Å²) >= 11 is 0. The van der Waals surface area contributed by atoms with Crippen LogP contribution in [0.15, 0.2) is 59.4 Å². The van der Waals surface area contributed by atoms with Gasteiger partial charge in [0.2, 0.25) is 0 Å². The molecule has 0 saturated carbocycles. The molecule has 176 valence electrons. The zero-order chi connectivity index (χ0) is 23.8. The van der Waals surface area contributed by atoms with Gasteiger partial charge in [0.15, 0.2) is 0 Å². The van der Waals surface area contributed by atoms with Gasteiger partial charge in [-0.15, -0.1) is 0 Å². The van der Waals surface area contributed by atoms with E-state index in [1.54, 1.807) is 10.6 Å². The number of amides is 2. The first-order valence-electron chi connectivity index (χ1n) is 11.7. The van der Waals surface area contributed by atoms with Gasteiger partial charge in [0.05, 0.1) is 22.6 Å². The number of nitrogens with zero attached hydrogens (tertiary/aromatic N) is 4. The SMILES string of the molecule is CCCCNC(=O)N(CCN(C)C)C(CC)c1nc2ccccc2c(=O)n1-c1ccccc1. The van der Waals surface area contributed by atoms with Crippen LogP contribution in [0.4, 0.5) is 4.79 Å². The van der Waals surface area contributed by atoms with E-state index in [2.05, 4.69) is 17.1 Å². The van der Waals surface area contributed by atoms with Crippen LogP contribution in [-0.2, 0) is 0 Å². The molecule has 1 aromatic heterocycles. The number of benzene rings is 2. The van der Waals surface area contributed by atoms with E-state index >= 15 is 0 Å². The molecule has 7 nitrogen and oxygen atoms in total. The first-order valence-corrected chi connectivity index (χ1v) is 11.7. The lowest BCUT2D eigenvalue weighted by atomic mass is 10.1. The number of likely N-dealkylation sites (N-methyl/N-ethyl adjacent to an activating group) is 1. The van der Waals surface area contributed by atoms with Crippen LogP contribution in [0, 0.1) is 0 Å². The van der Waals surface area contributed by atoms with Crippen molar-refractivity contribution in [2.24, 2.45) is 0 Å². The molecule has 0 bridgehead atoms. The van der Waals surface area contributed by atoms with Crippen molar-refractivity contribution in [3.63, 3.8) is 0 Å². The molecule has 1 heterocycles. The fourth-order valence-corrected chi connectivity index (χ4v) is 3.92. The molecule has 1 unspecified atom stereocenters. The number of aromatic nitrogens is 2. The molecule has 3 aromatic rings. The van der Waals surface area contributed by atoms with Crippen LogP contribution < -0.4 is 10.9 Å². The molecule has 2 amide bonds. The van der Waals surface area contributed by atoms with Crippen molar-refractivity contribution in [1.29, 1.82) is 0 Å². The maximum Gasteiger partial charge on any atom is 0.318 e. The Labute approximate surface area is 196 Å². The van der Waals surface area contributed by atoms with Crippen LogP contribution in [0.25, 0.3) is 16.6 Å². The van der Waals surface area contributed by atoms with Gasteiger partial charge in [-0.25, -0.2) is 9.78 Å². The van der Waals surface area contributed by atoms with Crippen LogP contribution in [0.5, 0.6) is 0 Å². The van der Waals surface area contributed by atoms with E-state index in [-0.39, 0.29) is 17.6 Å². The predicted molar refractivity (Wildman–Crippen MR) is 134 cm³/mol. The molecule has 0 aliphatic heterocycles. The highest BCUT2D eigenvalue weighted by Crippen LogP contribution is 2.26. The summed E-state index contributed by atoms with van der Waals surface area (Å²) in [4.78, 5) is 35.7. The molecule has 2 aromatic carbocycles. The summed E-state index contributed by atoms with van der Waals surface area (Å²) < 4.78 is 1.67. The number of unbranched alkanes of at least 4 members (excludes halogenated alkanes) is 1. The first-order chi connectivity index (χ1) is 16.0. The Kier molecular flexibility index (Phi) is 8.60. The zero-order valence-electron chi connectivity index (χ0n) is 20.1. The lowest BCUT2D eigenvalue weighted by Crippen LogP contribution is -2.46. The fraction of sp³-hybridized carbons (Fsp3) is 0.423. The van der Waals surface area contributed by atoms with Gasteiger partial charge in [0.1, 0.15) is 5.82 Å². The van der Waals surface area contributed by atoms with Crippen LogP contribution in [0.3, 0.4) is 0 Å². The number of fused-ring (bicyclic) bond motifs is 1. The van der Waals surface area contributed by atoms with Crippen molar-refractivity contribution < 1.29 is 4.79 Å². The van der Waals surface area contributed by atoms with Gasteiger partial charge in [-0.3, -0.25) is 9.36 Å². The summed E-state index contributed by atoms with van der Waals surface area (Å²) in [5, 5.41) is 3.62. The number of para-hydroxylation sites is 2. The van der Waals surface area contributed by atoms with Crippen molar-refractivity contribution in [2.75, 3.05) is 33.7 Å². The van der Waals surface area contributed by atoms with E-state index in [9.17, 15) is 9.59 Å². The smallest absolute Gasteiger partial charge is 0.318 e. The monoisotopic (exact) mass is 449 g/mol. The molecular weight excluding hydrogens is 414 g/mol. The Balaban J connectivity index is 2.16. The summed E-state index contributed by atoms with van der Waals surface area (Å²) in [6.07, 6.45) is 2.56. The van der Waals surface area contributed by atoms with Crippen molar-refractivity contribution in [3.05, 3.63) is 70.8 Å². The fourth-order valence-electron chi connectivity index (χ4n) is 3.92. The van der Waals surface area contributed by atoms with E-state index in [4.69, 9.17) is 4.98 Å². The Bertz CT molecular complexity index is 1110. The largest absolute Gasteiger partial charge is 0.338 e. The average Bonchev–Trinajstić information content (AvgIpc) is 2.82. The molecular formula is C26H35N5O2. The van der Waals surface area contributed by atoms with Gasteiger partial charge < -0.3 is 15.1 Å². The summed E-state index contributed by atoms with van der Waals surface area (Å²) in [7, 11) is 3.98. The van der Waals surface area contributed by atoms with Crippen LogP contribution in [-0.4, -0.2) is 59.1 Å². The highest BCUT2D eigenvalue weighted by atomic mass is 16.2. The Morgan fingerprint density at radius 2 is 1.73 bits per heavy atom. The minimum atomic E-state index is -0.357. The van der Waals surface area contributed by atoms with Gasteiger partial charge in [0, 0.05) is 19.6 Å². The number of carbonyl (C=O) groups is 1.